The maximum Gasteiger partial charge on any atom is 0.336 e. The van der Waals surface area contributed by atoms with Crippen LogP contribution in [0.25, 0.3) is 0 Å². The quantitative estimate of drug-likeness (QED) is 0.0332. The maximum atomic E-state index is 13.8. The van der Waals surface area contributed by atoms with Gasteiger partial charge < -0.3 is 42.7 Å². The van der Waals surface area contributed by atoms with Gasteiger partial charge in [-0.05, 0) is 94.4 Å². The molecule has 0 heterocycles. The number of amides is 8. The molecule has 0 aliphatic rings. The monoisotopic (exact) mass is 959 g/mol. The Labute approximate surface area is 387 Å². The van der Waals surface area contributed by atoms with Crippen molar-refractivity contribution in [1.82, 2.24) is 41.3 Å². The number of ether oxygens (including phenoxy) is 4. The Kier molecular flexibility index (Phi) is 25.8. The second-order valence-corrected chi connectivity index (χ2v) is 27.1. The normalized spacial score (nSPS) is 11.5. The molecule has 0 aromatic rings. The lowest BCUT2D eigenvalue weighted by molar-refractivity contribution is -0.144. The number of urea groups is 4. The van der Waals surface area contributed by atoms with E-state index in [1.54, 1.807) is 41.5 Å². The van der Waals surface area contributed by atoms with E-state index in [1.807, 2.05) is 40.0 Å². The van der Waals surface area contributed by atoms with Gasteiger partial charge in [-0.1, -0.05) is 27.0 Å². The van der Waals surface area contributed by atoms with E-state index in [0.29, 0.717) is 12.8 Å². The van der Waals surface area contributed by atoms with E-state index in [9.17, 15) is 38.4 Å². The van der Waals surface area contributed by atoms with E-state index in [-0.39, 0.29) is 88.9 Å². The first kappa shape index (κ1) is 59.8. The third-order valence-electron chi connectivity index (χ3n) is 8.83. The number of nitrogens with zero attached hydrogens (tertiary/aromatic N) is 4. The summed E-state index contributed by atoms with van der Waals surface area (Å²) in [5.74, 6) is -2.24. The molecule has 8 amide bonds. The topological polar surface area (TPSA) is 244 Å². The lowest BCUT2D eigenvalue weighted by Crippen LogP contribution is -2.62. The van der Waals surface area contributed by atoms with E-state index in [0.717, 1.165) is 0 Å². The highest BCUT2D eigenvalue weighted by molar-refractivity contribution is 6.85. The molecule has 65 heavy (non-hydrogen) atoms. The molecule has 0 aromatic heterocycles. The number of carbonyl (C=O) groups excluding carboxylic acids is 8. The van der Waals surface area contributed by atoms with Crippen LogP contribution in [-0.2, 0) is 42.2 Å². The summed E-state index contributed by atoms with van der Waals surface area (Å²) in [4.78, 5) is 109. The molecular weight excluding hydrogens is 881 g/mol. The summed E-state index contributed by atoms with van der Waals surface area (Å²) < 4.78 is 27.7. The summed E-state index contributed by atoms with van der Waals surface area (Å²) in [7, 11) is -5.89. The summed E-state index contributed by atoms with van der Waals surface area (Å²) >= 11 is 0. The number of carbonyl (C=O) groups is 8. The maximum absolute atomic E-state index is 13.8. The van der Waals surface area contributed by atoms with Crippen LogP contribution in [0.1, 0.15) is 94.9 Å². The third kappa shape index (κ3) is 25.2. The second-order valence-electron chi connectivity index (χ2n) is 18.6. The van der Waals surface area contributed by atoms with Crippen molar-refractivity contribution in [2.24, 2.45) is 0 Å². The van der Waals surface area contributed by atoms with Gasteiger partial charge in [0.2, 0.25) is 0 Å². The van der Waals surface area contributed by atoms with Gasteiger partial charge in [-0.25, -0.2) is 50.5 Å². The zero-order chi connectivity index (χ0) is 50.3. The van der Waals surface area contributed by atoms with Crippen molar-refractivity contribution in [3.63, 3.8) is 0 Å². The average Bonchev–Trinajstić information content (AvgIpc) is 3.18. The zero-order valence-electron chi connectivity index (χ0n) is 41.4. The van der Waals surface area contributed by atoms with Crippen LogP contribution in [-0.4, -0.2) is 160 Å². The fraction of sp³-hybridized carbons (Fsp3) is 0.714. The smallest absolute Gasteiger partial charge is 0.336 e. The predicted molar refractivity (Wildman–Crippen MR) is 250 cm³/mol. The van der Waals surface area contributed by atoms with Gasteiger partial charge in [-0.2, -0.15) is 0 Å². The Morgan fingerprint density at radius 2 is 0.800 bits per heavy atom. The van der Waals surface area contributed by atoms with Crippen LogP contribution >= 0.6 is 0 Å². The Morgan fingerprint density at radius 1 is 0.492 bits per heavy atom. The van der Waals surface area contributed by atoms with Crippen molar-refractivity contribution < 1.29 is 61.4 Å². The third-order valence-corrected chi connectivity index (χ3v) is 15.5. The van der Waals surface area contributed by atoms with E-state index in [1.165, 1.54) is 33.4 Å². The Balaban J connectivity index is 6.29. The number of esters is 4. The number of hydrogen-bond donors (Lipinski definition) is 4. The lowest BCUT2D eigenvalue weighted by atomic mass is 10.1. The molecule has 0 unspecified atom stereocenters. The molecule has 4 N–H and O–H groups in total. The van der Waals surface area contributed by atoms with Crippen molar-refractivity contribution in [2.75, 3.05) is 64.9 Å². The lowest BCUT2D eigenvalue weighted by Gasteiger charge is -2.39. The minimum Gasteiger partial charge on any atom is -0.466 e. The largest absolute Gasteiger partial charge is 0.466 e. The molecule has 0 aliphatic carbocycles. The Hall–Kier alpha value is -5.17. The summed E-state index contributed by atoms with van der Waals surface area (Å²) in [5, 5.41) is 0. The Morgan fingerprint density at radius 3 is 1.08 bits per heavy atom. The van der Waals surface area contributed by atoms with Gasteiger partial charge in [0.15, 0.2) is 16.6 Å². The van der Waals surface area contributed by atoms with E-state index < -0.39 is 75.7 Å². The SMILES string of the molecule is C=C(C)C(=O)OCCN(C(=O)NNC(=O)N(CCC(=O)OCCC)C[Si](C)(C)O[Si](C)(C)CN(CCC(=O)OCCC)C(=O)NNC(=O)N(CCOC(=O)C(=C)C)C(C)(C)C)C(C)(C)C. The van der Waals surface area contributed by atoms with Gasteiger partial charge >= 0.3 is 48.0 Å². The van der Waals surface area contributed by atoms with E-state index in [2.05, 4.69) is 34.9 Å². The van der Waals surface area contributed by atoms with Crippen LogP contribution in [0.4, 0.5) is 19.2 Å². The van der Waals surface area contributed by atoms with Crippen LogP contribution in [0.15, 0.2) is 24.3 Å². The minimum absolute atomic E-state index is 0.0101. The average molecular weight is 959 g/mol. The summed E-state index contributed by atoms with van der Waals surface area (Å²) in [5.41, 5.74) is 8.65. The van der Waals surface area contributed by atoms with Crippen LogP contribution in [0.5, 0.6) is 0 Å². The molecule has 0 atom stereocenters. The number of hydrazine groups is 2. The molecule has 21 nitrogen and oxygen atoms in total. The van der Waals surface area contributed by atoms with Gasteiger partial charge in [0.25, 0.3) is 0 Å². The molecule has 0 aromatic carbocycles. The van der Waals surface area contributed by atoms with Gasteiger partial charge in [-0.3, -0.25) is 9.59 Å². The number of rotatable bonds is 24. The van der Waals surface area contributed by atoms with E-state index >= 15 is 0 Å². The molecule has 0 bridgehead atoms. The highest BCUT2D eigenvalue weighted by atomic mass is 28.4. The van der Waals surface area contributed by atoms with Gasteiger partial charge in [0.05, 0.1) is 39.1 Å². The molecule has 0 saturated heterocycles. The zero-order valence-corrected chi connectivity index (χ0v) is 43.4. The van der Waals surface area contributed by atoms with Crippen LogP contribution in [0, 0.1) is 0 Å². The van der Waals surface area contributed by atoms with Gasteiger partial charge in [0.1, 0.15) is 13.2 Å². The molecule has 0 fully saturated rings. The molecule has 0 aliphatic heterocycles. The van der Waals surface area contributed by atoms with Crippen LogP contribution < -0.4 is 21.7 Å². The first-order valence-corrected chi connectivity index (χ1v) is 28.0. The molecule has 23 heteroatoms. The minimum atomic E-state index is -2.94. The number of hydrogen-bond acceptors (Lipinski definition) is 13. The fourth-order valence-electron chi connectivity index (χ4n) is 5.96. The van der Waals surface area contributed by atoms with Gasteiger partial charge in [-0.15, -0.1) is 0 Å². The molecule has 372 valence electrons. The molecular formula is C42H78N8O13Si2. The molecule has 0 spiro atoms. The van der Waals surface area contributed by atoms with Crippen LogP contribution in [0.2, 0.25) is 26.2 Å². The van der Waals surface area contributed by atoms with Crippen molar-refractivity contribution in [3.8, 4) is 0 Å². The predicted octanol–water partition coefficient (Wildman–Crippen LogP) is 4.89. The molecule has 0 radical (unpaired) electrons. The van der Waals surface area contributed by atoms with Crippen molar-refractivity contribution in [1.29, 1.82) is 0 Å². The summed E-state index contributed by atoms with van der Waals surface area (Å²) in [6.07, 6.45) is 1.02. The van der Waals surface area contributed by atoms with Crippen molar-refractivity contribution in [3.05, 3.63) is 24.3 Å². The Bertz CT molecular complexity index is 1550. The molecule has 0 saturated carbocycles. The van der Waals surface area contributed by atoms with Crippen molar-refractivity contribution in [2.45, 2.75) is 132 Å². The first-order valence-electron chi connectivity index (χ1n) is 21.8. The van der Waals surface area contributed by atoms with Gasteiger partial charge in [0, 0.05) is 47.6 Å². The first-order chi connectivity index (χ1) is 29.9. The summed E-state index contributed by atoms with van der Waals surface area (Å²) in [6, 6.07) is -2.81. The molecule has 0 rings (SSSR count). The highest BCUT2D eigenvalue weighted by Gasteiger charge is 2.39. The second kappa shape index (κ2) is 28.0. The summed E-state index contributed by atoms with van der Waals surface area (Å²) in [6.45, 7) is 32.0. The van der Waals surface area contributed by atoms with Crippen molar-refractivity contribution >= 4 is 64.6 Å². The number of nitrogens with one attached hydrogen (secondary N) is 4. The fourth-order valence-corrected chi connectivity index (χ4v) is 14.9. The van der Waals surface area contributed by atoms with E-state index in [4.69, 9.17) is 23.1 Å². The van der Waals surface area contributed by atoms with Crippen LogP contribution in [0.3, 0.4) is 0 Å². The highest BCUT2D eigenvalue weighted by Crippen LogP contribution is 2.19. The standard InChI is InChI=1S/C42H78N8O13Si2/c1-17-25-59-33(51)19-21-47(37(55)43-45-39(57)49(41(7,8)9)23-27-61-35(53)31(3)4)29-64(13,14)63-65(15,16)30-48(22-20-34(52)60-26-18-2)38(56)44-46-40(58)50(42(10,11)12)24-28-62-36(54)32(5)6/h3,5,17-30H2,1-2,4,6-16H3,(H,43,55)(H,44,56)(H,45,57)(H,46,58).